The number of ether oxygens (including phenoxy) is 1. The molecular formula is C13H19O4P. The molecule has 1 aliphatic heterocycles. The quantitative estimate of drug-likeness (QED) is 0.787. The molecule has 1 saturated heterocycles. The fourth-order valence-corrected chi connectivity index (χ4v) is 4.01. The summed E-state index contributed by atoms with van der Waals surface area (Å²) in [6.07, 6.45) is 0. The van der Waals surface area contributed by atoms with E-state index in [0.29, 0.717) is 13.2 Å². The van der Waals surface area contributed by atoms with Crippen molar-refractivity contribution in [1.29, 1.82) is 0 Å². The Morgan fingerprint density at radius 3 is 2.28 bits per heavy atom. The second-order valence-corrected chi connectivity index (χ2v) is 7.31. The lowest BCUT2D eigenvalue weighted by Crippen LogP contribution is -2.30. The maximum Gasteiger partial charge on any atom is 0.363 e. The molecule has 0 saturated carbocycles. The van der Waals surface area contributed by atoms with E-state index in [2.05, 4.69) is 0 Å². The first-order chi connectivity index (χ1) is 8.47. The highest BCUT2D eigenvalue weighted by molar-refractivity contribution is 7.54. The molecule has 1 heterocycles. The second-order valence-electron chi connectivity index (χ2n) is 5.25. The second kappa shape index (κ2) is 5.14. The van der Waals surface area contributed by atoms with Gasteiger partial charge in [-0.15, -0.1) is 0 Å². The fourth-order valence-electron chi connectivity index (χ4n) is 1.81. The van der Waals surface area contributed by atoms with Crippen molar-refractivity contribution in [1.82, 2.24) is 0 Å². The Balaban J connectivity index is 2.21. The summed E-state index contributed by atoms with van der Waals surface area (Å²) in [6.45, 7) is 4.86. The molecule has 4 nitrogen and oxygen atoms in total. The third-order valence-electron chi connectivity index (χ3n) is 2.87. The Morgan fingerprint density at radius 1 is 1.22 bits per heavy atom. The lowest BCUT2D eigenvalue weighted by Gasteiger charge is -2.36. The van der Waals surface area contributed by atoms with Gasteiger partial charge in [-0.1, -0.05) is 44.2 Å². The lowest BCUT2D eigenvalue weighted by molar-refractivity contribution is 0.0154. The molecule has 0 N–H and O–H groups in total. The van der Waals surface area contributed by atoms with Crippen LogP contribution in [-0.2, 0) is 18.3 Å². The first-order valence-corrected chi connectivity index (χ1v) is 7.55. The molecule has 1 unspecified atom stereocenters. The standard InChI is InChI=1S/C13H19O4P/c1-13(2)9-16-18(14,17-10-13)12(15-3)11-7-5-4-6-8-11/h4-8,12H,9-10H2,1-3H3. The van der Waals surface area contributed by atoms with Gasteiger partial charge >= 0.3 is 7.60 Å². The molecule has 5 heteroatoms. The SMILES string of the molecule is COC(c1ccccc1)P1(=O)OCC(C)(C)CO1. The molecule has 100 valence electrons. The third-order valence-corrected chi connectivity index (χ3v) is 4.93. The van der Waals surface area contributed by atoms with E-state index >= 15 is 0 Å². The number of hydrogen-bond acceptors (Lipinski definition) is 4. The summed E-state index contributed by atoms with van der Waals surface area (Å²) < 4.78 is 29.0. The van der Waals surface area contributed by atoms with Crippen molar-refractivity contribution in [3.63, 3.8) is 0 Å². The average molecular weight is 270 g/mol. The molecule has 0 aliphatic carbocycles. The molecule has 0 radical (unpaired) electrons. The van der Waals surface area contributed by atoms with E-state index in [1.165, 1.54) is 7.11 Å². The predicted molar refractivity (Wildman–Crippen MR) is 69.5 cm³/mol. The van der Waals surface area contributed by atoms with Gasteiger partial charge in [0.15, 0.2) is 5.85 Å². The summed E-state index contributed by atoms with van der Waals surface area (Å²) in [5.74, 6) is -0.658. The van der Waals surface area contributed by atoms with Crippen LogP contribution in [0.2, 0.25) is 0 Å². The normalized spacial score (nSPS) is 23.5. The Kier molecular flexibility index (Phi) is 3.93. The molecule has 1 aliphatic rings. The Labute approximate surface area is 108 Å². The van der Waals surface area contributed by atoms with Gasteiger partial charge in [0.1, 0.15) is 0 Å². The Morgan fingerprint density at radius 2 is 1.78 bits per heavy atom. The molecule has 18 heavy (non-hydrogen) atoms. The van der Waals surface area contributed by atoms with Crippen LogP contribution in [0.3, 0.4) is 0 Å². The Hall–Kier alpha value is -0.670. The smallest absolute Gasteiger partial charge is 0.363 e. The summed E-state index contributed by atoms with van der Waals surface area (Å²) in [5.41, 5.74) is 0.700. The third kappa shape index (κ3) is 2.83. The largest absolute Gasteiger partial charge is 0.364 e. The van der Waals surface area contributed by atoms with Gasteiger partial charge in [0.05, 0.1) is 13.2 Å². The molecule has 0 bridgehead atoms. The summed E-state index contributed by atoms with van der Waals surface area (Å²) in [5, 5.41) is 0. The first kappa shape index (κ1) is 13.8. The molecule has 2 rings (SSSR count). The van der Waals surface area contributed by atoms with Gasteiger partial charge in [0, 0.05) is 12.5 Å². The van der Waals surface area contributed by atoms with Crippen molar-refractivity contribution >= 4 is 7.60 Å². The lowest BCUT2D eigenvalue weighted by atomic mass is 9.97. The maximum absolute atomic E-state index is 12.7. The van der Waals surface area contributed by atoms with Crippen LogP contribution in [0.25, 0.3) is 0 Å². The zero-order valence-corrected chi connectivity index (χ0v) is 11.9. The summed E-state index contributed by atoms with van der Waals surface area (Å²) in [6, 6.07) is 9.38. The van der Waals surface area contributed by atoms with E-state index in [9.17, 15) is 4.57 Å². The highest BCUT2D eigenvalue weighted by Crippen LogP contribution is 2.64. The molecule has 1 atom stereocenters. The van der Waals surface area contributed by atoms with Gasteiger partial charge in [0.2, 0.25) is 0 Å². The fraction of sp³-hybridized carbons (Fsp3) is 0.538. The highest BCUT2D eigenvalue weighted by atomic mass is 31.2. The van der Waals surface area contributed by atoms with E-state index in [0.717, 1.165) is 5.56 Å². The van der Waals surface area contributed by atoms with Crippen LogP contribution in [0.15, 0.2) is 30.3 Å². The molecular weight excluding hydrogens is 251 g/mol. The molecule has 0 spiro atoms. The average Bonchev–Trinajstić information content (AvgIpc) is 2.36. The summed E-state index contributed by atoms with van der Waals surface area (Å²) in [7, 11) is -1.73. The predicted octanol–water partition coefficient (Wildman–Crippen LogP) is 3.60. The van der Waals surface area contributed by atoms with Crippen molar-refractivity contribution in [2.75, 3.05) is 20.3 Å². The Bertz CT molecular complexity index is 430. The van der Waals surface area contributed by atoms with E-state index in [1.807, 2.05) is 44.2 Å². The van der Waals surface area contributed by atoms with Crippen LogP contribution in [0, 0.1) is 5.41 Å². The van der Waals surface area contributed by atoms with Crippen LogP contribution >= 0.6 is 7.60 Å². The zero-order chi connectivity index (χ0) is 13.2. The van der Waals surface area contributed by atoms with E-state index in [1.54, 1.807) is 0 Å². The maximum atomic E-state index is 12.7. The van der Waals surface area contributed by atoms with Crippen molar-refractivity contribution in [3.8, 4) is 0 Å². The van der Waals surface area contributed by atoms with Gasteiger partial charge in [-0.3, -0.25) is 4.57 Å². The summed E-state index contributed by atoms with van der Waals surface area (Å²) in [4.78, 5) is 0. The van der Waals surface area contributed by atoms with Crippen molar-refractivity contribution in [2.24, 2.45) is 5.41 Å². The number of benzene rings is 1. The minimum Gasteiger partial charge on any atom is -0.364 e. The minimum atomic E-state index is -3.25. The molecule has 1 aromatic carbocycles. The zero-order valence-electron chi connectivity index (χ0n) is 11.0. The van der Waals surface area contributed by atoms with Crippen molar-refractivity contribution in [2.45, 2.75) is 19.7 Å². The van der Waals surface area contributed by atoms with E-state index in [-0.39, 0.29) is 5.41 Å². The van der Waals surface area contributed by atoms with Crippen LogP contribution in [0.4, 0.5) is 0 Å². The van der Waals surface area contributed by atoms with Crippen LogP contribution in [-0.4, -0.2) is 20.3 Å². The minimum absolute atomic E-state index is 0.108. The highest BCUT2D eigenvalue weighted by Gasteiger charge is 2.43. The van der Waals surface area contributed by atoms with Gasteiger partial charge in [0.25, 0.3) is 0 Å². The number of methoxy groups -OCH3 is 1. The van der Waals surface area contributed by atoms with Crippen LogP contribution in [0.5, 0.6) is 0 Å². The molecule has 0 amide bonds. The molecule has 1 aromatic rings. The topological polar surface area (TPSA) is 44.8 Å². The number of rotatable bonds is 3. The van der Waals surface area contributed by atoms with Crippen LogP contribution in [0.1, 0.15) is 25.3 Å². The van der Waals surface area contributed by atoms with Gasteiger partial charge in [-0.25, -0.2) is 0 Å². The van der Waals surface area contributed by atoms with Gasteiger partial charge in [-0.05, 0) is 5.56 Å². The van der Waals surface area contributed by atoms with Crippen molar-refractivity contribution < 1.29 is 18.3 Å². The monoisotopic (exact) mass is 270 g/mol. The van der Waals surface area contributed by atoms with Gasteiger partial charge < -0.3 is 13.8 Å². The van der Waals surface area contributed by atoms with Gasteiger partial charge in [-0.2, -0.15) is 0 Å². The first-order valence-electron chi connectivity index (χ1n) is 5.93. The number of hydrogen-bond donors (Lipinski definition) is 0. The molecule has 1 fully saturated rings. The van der Waals surface area contributed by atoms with E-state index < -0.39 is 13.4 Å². The van der Waals surface area contributed by atoms with E-state index in [4.69, 9.17) is 13.8 Å². The molecule has 0 aromatic heterocycles. The van der Waals surface area contributed by atoms with Crippen LogP contribution < -0.4 is 0 Å². The summed E-state index contributed by atoms with van der Waals surface area (Å²) >= 11 is 0. The van der Waals surface area contributed by atoms with Crippen molar-refractivity contribution in [3.05, 3.63) is 35.9 Å².